The Kier molecular flexibility index (Phi) is 6.81. The standard InChI is InChI=1S/C26H32N8O3/c1-26(2,3)20-14-21(32-37-20)31-25(35)30-18-6-4-17(5-7-18)19-15-34(9-8-33-10-12-36-13-11-33)24-22(19)23(27)28-16-29-24/h4-7,14-16H,8-13H2,1-3H3,(H2,27,28,29)(H2,30,31,32,35). The van der Waals surface area contributed by atoms with E-state index in [1.54, 1.807) is 6.07 Å². The summed E-state index contributed by atoms with van der Waals surface area (Å²) in [6.45, 7) is 11.1. The number of nitrogens with zero attached hydrogens (tertiary/aromatic N) is 5. The van der Waals surface area contributed by atoms with Gasteiger partial charge in [-0.15, -0.1) is 0 Å². The van der Waals surface area contributed by atoms with Gasteiger partial charge in [0.05, 0.1) is 18.6 Å². The van der Waals surface area contributed by atoms with Gasteiger partial charge in [0, 0.05) is 55.1 Å². The minimum atomic E-state index is -0.404. The van der Waals surface area contributed by atoms with Gasteiger partial charge in [0.2, 0.25) is 0 Å². The van der Waals surface area contributed by atoms with Crippen LogP contribution in [0.15, 0.2) is 47.4 Å². The van der Waals surface area contributed by atoms with E-state index >= 15 is 0 Å². The zero-order chi connectivity index (χ0) is 26.0. The van der Waals surface area contributed by atoms with Gasteiger partial charge in [-0.1, -0.05) is 38.1 Å². The van der Waals surface area contributed by atoms with Crippen LogP contribution in [0.2, 0.25) is 0 Å². The molecular formula is C26H32N8O3. The molecule has 0 radical (unpaired) electrons. The summed E-state index contributed by atoms with van der Waals surface area (Å²) in [5.74, 6) is 1.49. The van der Waals surface area contributed by atoms with Crippen LogP contribution in [0.1, 0.15) is 26.5 Å². The number of benzene rings is 1. The normalized spacial score (nSPS) is 14.7. The molecule has 1 aliphatic rings. The summed E-state index contributed by atoms with van der Waals surface area (Å²) in [5.41, 5.74) is 9.42. The van der Waals surface area contributed by atoms with Gasteiger partial charge < -0.3 is 24.9 Å². The fourth-order valence-electron chi connectivity index (χ4n) is 4.31. The third-order valence-corrected chi connectivity index (χ3v) is 6.39. The van der Waals surface area contributed by atoms with Crippen LogP contribution in [-0.2, 0) is 16.7 Å². The molecule has 1 aliphatic heterocycles. The first-order valence-corrected chi connectivity index (χ1v) is 12.3. The van der Waals surface area contributed by atoms with E-state index in [9.17, 15) is 4.79 Å². The predicted molar refractivity (Wildman–Crippen MR) is 142 cm³/mol. The molecule has 0 spiro atoms. The summed E-state index contributed by atoms with van der Waals surface area (Å²) >= 11 is 0. The van der Waals surface area contributed by atoms with Gasteiger partial charge in [-0.2, -0.15) is 0 Å². The number of hydrogen-bond acceptors (Lipinski definition) is 8. The van der Waals surface area contributed by atoms with Crippen molar-refractivity contribution in [3.8, 4) is 11.1 Å². The van der Waals surface area contributed by atoms with E-state index in [0.717, 1.165) is 61.6 Å². The first kappa shape index (κ1) is 24.7. The molecular weight excluding hydrogens is 472 g/mol. The van der Waals surface area contributed by atoms with Gasteiger partial charge in [0.25, 0.3) is 0 Å². The van der Waals surface area contributed by atoms with Crippen LogP contribution in [-0.4, -0.2) is 63.5 Å². The van der Waals surface area contributed by atoms with Gasteiger partial charge in [0.15, 0.2) is 5.82 Å². The van der Waals surface area contributed by atoms with Crippen molar-refractivity contribution in [1.82, 2.24) is 24.6 Å². The molecule has 0 atom stereocenters. The number of nitrogens with one attached hydrogen (secondary N) is 2. The monoisotopic (exact) mass is 504 g/mol. The number of rotatable bonds is 6. The van der Waals surface area contributed by atoms with E-state index in [1.165, 1.54) is 6.33 Å². The molecule has 1 fully saturated rings. The highest BCUT2D eigenvalue weighted by atomic mass is 16.5. The molecule has 11 heteroatoms. The van der Waals surface area contributed by atoms with Crippen molar-refractivity contribution in [2.24, 2.45) is 0 Å². The molecule has 0 aliphatic carbocycles. The van der Waals surface area contributed by atoms with Crippen molar-refractivity contribution in [3.05, 3.63) is 48.6 Å². The zero-order valence-corrected chi connectivity index (χ0v) is 21.3. The number of nitrogens with two attached hydrogens (primary N) is 1. The number of carbonyl (C=O) groups excluding carboxylic acids is 1. The SMILES string of the molecule is CC(C)(C)c1cc(NC(=O)Nc2ccc(-c3cn(CCN4CCOCC4)c4ncnc(N)c34)cc2)no1. The summed E-state index contributed by atoms with van der Waals surface area (Å²) in [4.78, 5) is 23.6. The Hall–Kier alpha value is -3.96. The third-order valence-electron chi connectivity index (χ3n) is 6.39. The molecule has 4 N–H and O–H groups in total. The van der Waals surface area contributed by atoms with Crippen LogP contribution in [0.5, 0.6) is 0 Å². The highest BCUT2D eigenvalue weighted by molar-refractivity contribution is 6.02. The smallest absolute Gasteiger partial charge is 0.324 e. The Balaban J connectivity index is 1.30. The first-order valence-electron chi connectivity index (χ1n) is 12.3. The minimum Gasteiger partial charge on any atom is -0.383 e. The van der Waals surface area contributed by atoms with Crippen LogP contribution >= 0.6 is 0 Å². The summed E-state index contributed by atoms with van der Waals surface area (Å²) in [7, 11) is 0. The number of hydrogen-bond donors (Lipinski definition) is 3. The van der Waals surface area contributed by atoms with E-state index in [1.807, 2.05) is 45.0 Å². The number of urea groups is 1. The highest BCUT2D eigenvalue weighted by Crippen LogP contribution is 2.33. The number of aromatic nitrogens is 4. The number of anilines is 3. The maximum absolute atomic E-state index is 12.5. The van der Waals surface area contributed by atoms with E-state index in [-0.39, 0.29) is 5.41 Å². The van der Waals surface area contributed by atoms with Crippen molar-refractivity contribution in [2.75, 3.05) is 49.2 Å². The number of carbonyl (C=O) groups is 1. The number of ether oxygens (including phenoxy) is 1. The number of fused-ring (bicyclic) bond motifs is 1. The molecule has 37 heavy (non-hydrogen) atoms. The molecule has 0 bridgehead atoms. The summed E-state index contributed by atoms with van der Waals surface area (Å²) in [5, 5.41) is 10.3. The Labute approximate surface area is 215 Å². The highest BCUT2D eigenvalue weighted by Gasteiger charge is 2.21. The largest absolute Gasteiger partial charge is 0.383 e. The van der Waals surface area contributed by atoms with Gasteiger partial charge in [-0.05, 0) is 17.7 Å². The van der Waals surface area contributed by atoms with E-state index in [2.05, 4.69) is 41.4 Å². The average Bonchev–Trinajstić information content (AvgIpc) is 3.50. The molecule has 4 heterocycles. The first-order chi connectivity index (χ1) is 17.8. The van der Waals surface area contributed by atoms with Crippen molar-refractivity contribution >= 4 is 34.4 Å². The predicted octanol–water partition coefficient (Wildman–Crippen LogP) is 3.94. The Morgan fingerprint density at radius 1 is 1.08 bits per heavy atom. The lowest BCUT2D eigenvalue weighted by Gasteiger charge is -2.26. The molecule has 2 amide bonds. The van der Waals surface area contributed by atoms with Crippen LogP contribution in [0.4, 0.5) is 22.1 Å². The van der Waals surface area contributed by atoms with E-state index in [4.69, 9.17) is 15.0 Å². The Morgan fingerprint density at radius 3 is 2.54 bits per heavy atom. The van der Waals surface area contributed by atoms with Gasteiger partial charge in [-0.3, -0.25) is 10.2 Å². The Morgan fingerprint density at radius 2 is 1.84 bits per heavy atom. The second-order valence-corrected chi connectivity index (χ2v) is 10.1. The lowest BCUT2D eigenvalue weighted by atomic mass is 9.93. The van der Waals surface area contributed by atoms with Crippen molar-refractivity contribution < 1.29 is 14.1 Å². The van der Waals surface area contributed by atoms with Gasteiger partial charge in [0.1, 0.15) is 23.6 Å². The molecule has 3 aromatic heterocycles. The molecule has 0 unspecified atom stereocenters. The van der Waals surface area contributed by atoms with E-state index < -0.39 is 6.03 Å². The molecule has 11 nitrogen and oxygen atoms in total. The average molecular weight is 505 g/mol. The van der Waals surface area contributed by atoms with Crippen molar-refractivity contribution in [2.45, 2.75) is 32.7 Å². The maximum atomic E-state index is 12.5. The van der Waals surface area contributed by atoms with Crippen LogP contribution in [0.25, 0.3) is 22.2 Å². The fraction of sp³-hybridized carbons (Fsp3) is 0.385. The quantitative estimate of drug-likeness (QED) is 0.359. The molecule has 1 aromatic carbocycles. The summed E-state index contributed by atoms with van der Waals surface area (Å²) < 4.78 is 12.9. The third kappa shape index (κ3) is 5.57. The van der Waals surface area contributed by atoms with Gasteiger partial charge in [-0.25, -0.2) is 14.8 Å². The maximum Gasteiger partial charge on any atom is 0.324 e. The number of amides is 2. The topological polar surface area (TPSA) is 136 Å². The molecule has 5 rings (SSSR count). The second-order valence-electron chi connectivity index (χ2n) is 10.1. The molecule has 194 valence electrons. The van der Waals surface area contributed by atoms with Crippen LogP contribution < -0.4 is 16.4 Å². The van der Waals surface area contributed by atoms with Crippen molar-refractivity contribution in [1.29, 1.82) is 0 Å². The van der Waals surface area contributed by atoms with Crippen molar-refractivity contribution in [3.63, 3.8) is 0 Å². The van der Waals surface area contributed by atoms with Gasteiger partial charge >= 0.3 is 6.03 Å². The number of morpholine rings is 1. The van der Waals surface area contributed by atoms with Crippen LogP contribution in [0.3, 0.4) is 0 Å². The van der Waals surface area contributed by atoms with Crippen LogP contribution in [0, 0.1) is 0 Å². The molecule has 1 saturated heterocycles. The lowest BCUT2D eigenvalue weighted by Crippen LogP contribution is -2.38. The van der Waals surface area contributed by atoms with E-state index in [0.29, 0.717) is 23.1 Å². The summed E-state index contributed by atoms with van der Waals surface area (Å²) in [6, 6.07) is 8.89. The fourth-order valence-corrected chi connectivity index (χ4v) is 4.31. The second kappa shape index (κ2) is 10.2. The minimum absolute atomic E-state index is 0.195. The summed E-state index contributed by atoms with van der Waals surface area (Å²) in [6.07, 6.45) is 3.57. The molecule has 4 aromatic rings. The Bertz CT molecular complexity index is 1380. The number of nitrogen functional groups attached to an aromatic ring is 1. The zero-order valence-electron chi connectivity index (χ0n) is 21.3. The lowest BCUT2D eigenvalue weighted by molar-refractivity contribution is 0.0365. The molecule has 0 saturated carbocycles.